The molecular weight excluding hydrogens is 328 g/mol. The number of nitrogens with one attached hydrogen (secondary N) is 1. The first-order valence-electron chi connectivity index (χ1n) is 9.42. The summed E-state index contributed by atoms with van der Waals surface area (Å²) in [6.45, 7) is 4.04. The average molecular weight is 354 g/mol. The number of anilines is 2. The summed E-state index contributed by atoms with van der Waals surface area (Å²) < 4.78 is 0. The Morgan fingerprint density at radius 2 is 2.08 bits per heavy atom. The van der Waals surface area contributed by atoms with Crippen LogP contribution in [0.5, 0.6) is 0 Å². The molecule has 2 aromatic rings. The molecule has 0 bridgehead atoms. The summed E-state index contributed by atoms with van der Waals surface area (Å²) in [5.41, 5.74) is 4.68. The average Bonchev–Trinajstić information content (AvgIpc) is 3.50. The third kappa shape index (κ3) is 3.66. The minimum atomic E-state index is -0.429. The lowest BCUT2D eigenvalue weighted by molar-refractivity contribution is 0.199. The van der Waals surface area contributed by atoms with Gasteiger partial charge in [0.1, 0.15) is 5.82 Å². The fourth-order valence-corrected chi connectivity index (χ4v) is 3.48. The highest BCUT2D eigenvalue weighted by Crippen LogP contribution is 2.40. The molecule has 0 unspecified atom stereocenters. The monoisotopic (exact) mass is 354 g/mol. The first-order valence-corrected chi connectivity index (χ1v) is 9.42. The topological polar surface area (TPSA) is 81.5 Å². The Hall–Kier alpha value is -2.18. The molecular formula is C20H26N4O2. The van der Waals surface area contributed by atoms with Gasteiger partial charge in [-0.3, -0.25) is 0 Å². The first-order chi connectivity index (χ1) is 12.6. The van der Waals surface area contributed by atoms with E-state index in [0.29, 0.717) is 18.4 Å². The highest BCUT2D eigenvalue weighted by atomic mass is 16.3. The number of hydrogen-bond acceptors (Lipinski definition) is 6. The SMILES string of the molecule is C[C@@H](O)c1ccc2c(c1)CCN(c1cc(C3CC3)nc(NCCO)n1)C2. The largest absolute Gasteiger partial charge is 0.395 e. The lowest BCUT2D eigenvalue weighted by Crippen LogP contribution is -2.31. The smallest absolute Gasteiger partial charge is 0.224 e. The van der Waals surface area contributed by atoms with Gasteiger partial charge in [-0.1, -0.05) is 18.2 Å². The molecule has 138 valence electrons. The summed E-state index contributed by atoms with van der Waals surface area (Å²) in [6, 6.07) is 8.38. The zero-order valence-corrected chi connectivity index (χ0v) is 15.1. The number of aliphatic hydroxyl groups excluding tert-OH is 2. The molecule has 26 heavy (non-hydrogen) atoms. The maximum Gasteiger partial charge on any atom is 0.224 e. The summed E-state index contributed by atoms with van der Waals surface area (Å²) in [6.07, 6.45) is 2.90. The second kappa shape index (κ2) is 7.21. The summed E-state index contributed by atoms with van der Waals surface area (Å²) in [5.74, 6) is 2.11. The van der Waals surface area contributed by atoms with Crippen LogP contribution in [0.25, 0.3) is 0 Å². The number of aromatic nitrogens is 2. The van der Waals surface area contributed by atoms with Gasteiger partial charge in [-0.15, -0.1) is 0 Å². The van der Waals surface area contributed by atoms with E-state index in [0.717, 1.165) is 36.6 Å². The molecule has 0 saturated heterocycles. The zero-order valence-electron chi connectivity index (χ0n) is 15.1. The van der Waals surface area contributed by atoms with Crippen molar-refractivity contribution in [3.63, 3.8) is 0 Å². The molecule has 0 spiro atoms. The van der Waals surface area contributed by atoms with Gasteiger partial charge in [0.2, 0.25) is 5.95 Å². The molecule has 1 aliphatic heterocycles. The molecule has 3 N–H and O–H groups in total. The summed E-state index contributed by atoms with van der Waals surface area (Å²) >= 11 is 0. The molecule has 1 aliphatic carbocycles. The number of hydrogen-bond donors (Lipinski definition) is 3. The van der Waals surface area contributed by atoms with E-state index < -0.39 is 6.10 Å². The number of nitrogens with zero attached hydrogens (tertiary/aromatic N) is 3. The zero-order chi connectivity index (χ0) is 18.1. The van der Waals surface area contributed by atoms with Crippen LogP contribution in [0.4, 0.5) is 11.8 Å². The minimum absolute atomic E-state index is 0.0645. The third-order valence-corrected chi connectivity index (χ3v) is 5.17. The lowest BCUT2D eigenvalue weighted by Gasteiger charge is -2.30. The predicted molar refractivity (Wildman–Crippen MR) is 101 cm³/mol. The third-order valence-electron chi connectivity index (χ3n) is 5.17. The molecule has 1 atom stereocenters. The Morgan fingerprint density at radius 3 is 2.81 bits per heavy atom. The minimum Gasteiger partial charge on any atom is -0.395 e. The van der Waals surface area contributed by atoms with Crippen molar-refractivity contribution < 1.29 is 10.2 Å². The van der Waals surface area contributed by atoms with Crippen molar-refractivity contribution in [2.24, 2.45) is 0 Å². The highest BCUT2D eigenvalue weighted by molar-refractivity contribution is 5.49. The molecule has 1 fully saturated rings. The van der Waals surface area contributed by atoms with Crippen molar-refractivity contribution in [1.82, 2.24) is 9.97 Å². The van der Waals surface area contributed by atoms with Gasteiger partial charge in [-0.2, -0.15) is 4.98 Å². The van der Waals surface area contributed by atoms with Gasteiger partial charge in [0.25, 0.3) is 0 Å². The van der Waals surface area contributed by atoms with Gasteiger partial charge >= 0.3 is 0 Å². The van der Waals surface area contributed by atoms with Crippen LogP contribution in [0.15, 0.2) is 24.3 Å². The van der Waals surface area contributed by atoms with Crippen molar-refractivity contribution in [1.29, 1.82) is 0 Å². The van der Waals surface area contributed by atoms with Gasteiger partial charge in [-0.25, -0.2) is 4.98 Å². The van der Waals surface area contributed by atoms with Crippen LogP contribution in [0, 0.1) is 0 Å². The summed E-state index contributed by atoms with van der Waals surface area (Å²) in [5, 5.41) is 22.0. The molecule has 6 nitrogen and oxygen atoms in total. The number of aliphatic hydroxyl groups is 2. The van der Waals surface area contributed by atoms with Crippen molar-refractivity contribution in [2.75, 3.05) is 29.9 Å². The molecule has 1 saturated carbocycles. The predicted octanol–water partition coefficient (Wildman–Crippen LogP) is 2.37. The second-order valence-electron chi connectivity index (χ2n) is 7.27. The maximum atomic E-state index is 9.79. The van der Waals surface area contributed by atoms with Crippen molar-refractivity contribution in [3.8, 4) is 0 Å². The maximum absolute atomic E-state index is 9.79. The van der Waals surface area contributed by atoms with Gasteiger partial charge in [0.15, 0.2) is 0 Å². The van der Waals surface area contributed by atoms with Crippen LogP contribution in [-0.4, -0.2) is 39.9 Å². The van der Waals surface area contributed by atoms with Crippen molar-refractivity contribution in [2.45, 2.75) is 44.8 Å². The van der Waals surface area contributed by atoms with Crippen LogP contribution in [0.2, 0.25) is 0 Å². The van der Waals surface area contributed by atoms with Gasteiger partial charge < -0.3 is 20.4 Å². The van der Waals surface area contributed by atoms with Crippen LogP contribution in [0.3, 0.4) is 0 Å². The Kier molecular flexibility index (Phi) is 4.78. The number of fused-ring (bicyclic) bond motifs is 1. The van der Waals surface area contributed by atoms with E-state index in [-0.39, 0.29) is 6.61 Å². The van der Waals surface area contributed by atoms with Crippen LogP contribution >= 0.6 is 0 Å². The van der Waals surface area contributed by atoms with Crippen LogP contribution in [-0.2, 0) is 13.0 Å². The Labute approximate surface area is 153 Å². The van der Waals surface area contributed by atoms with E-state index in [1.807, 2.05) is 6.07 Å². The second-order valence-corrected chi connectivity index (χ2v) is 7.27. The quantitative estimate of drug-likeness (QED) is 0.739. The Bertz CT molecular complexity index is 789. The molecule has 0 radical (unpaired) electrons. The van der Waals surface area contributed by atoms with Crippen molar-refractivity contribution >= 4 is 11.8 Å². The molecule has 4 rings (SSSR count). The normalized spacial score (nSPS) is 17.7. The highest BCUT2D eigenvalue weighted by Gasteiger charge is 2.27. The van der Waals surface area contributed by atoms with E-state index in [2.05, 4.69) is 38.4 Å². The molecule has 1 aromatic heterocycles. The van der Waals surface area contributed by atoms with Gasteiger partial charge in [0, 0.05) is 31.6 Å². The number of rotatable bonds is 6. The molecule has 2 aliphatic rings. The van der Waals surface area contributed by atoms with E-state index in [1.165, 1.54) is 24.0 Å². The summed E-state index contributed by atoms with van der Waals surface area (Å²) in [7, 11) is 0. The first kappa shape index (κ1) is 17.2. The fraction of sp³-hybridized carbons (Fsp3) is 0.500. The van der Waals surface area contributed by atoms with E-state index in [9.17, 15) is 5.11 Å². The Morgan fingerprint density at radius 1 is 1.23 bits per heavy atom. The molecule has 0 amide bonds. The fourth-order valence-electron chi connectivity index (χ4n) is 3.48. The van der Waals surface area contributed by atoms with Gasteiger partial charge in [-0.05, 0) is 42.9 Å². The van der Waals surface area contributed by atoms with Crippen LogP contribution < -0.4 is 10.2 Å². The summed E-state index contributed by atoms with van der Waals surface area (Å²) in [4.78, 5) is 11.6. The Balaban J connectivity index is 1.58. The molecule has 6 heteroatoms. The lowest BCUT2D eigenvalue weighted by atomic mass is 9.96. The molecule has 1 aromatic carbocycles. The van der Waals surface area contributed by atoms with Crippen LogP contribution in [0.1, 0.15) is 54.2 Å². The van der Waals surface area contributed by atoms with E-state index >= 15 is 0 Å². The standard InChI is InChI=1S/C20H26N4O2/c1-13(26)15-4-5-17-12-24(8-6-16(17)10-15)19-11-18(14-2-3-14)22-20(23-19)21-7-9-25/h4-5,10-11,13-14,25-26H,2-3,6-9,12H2,1H3,(H,21,22,23)/t13-/m1/s1. The van der Waals surface area contributed by atoms with E-state index in [1.54, 1.807) is 6.92 Å². The van der Waals surface area contributed by atoms with E-state index in [4.69, 9.17) is 5.11 Å². The number of benzene rings is 1. The van der Waals surface area contributed by atoms with Crippen molar-refractivity contribution in [3.05, 3.63) is 46.6 Å². The van der Waals surface area contributed by atoms with Gasteiger partial charge in [0.05, 0.1) is 18.4 Å². The molecule has 2 heterocycles.